The van der Waals surface area contributed by atoms with Crippen LogP contribution < -0.4 is 10.9 Å². The van der Waals surface area contributed by atoms with E-state index in [4.69, 9.17) is 4.74 Å². The van der Waals surface area contributed by atoms with Gasteiger partial charge < -0.3 is 14.6 Å². The molecule has 0 bridgehead atoms. The summed E-state index contributed by atoms with van der Waals surface area (Å²) in [4.78, 5) is 24.0. The van der Waals surface area contributed by atoms with Crippen LogP contribution >= 0.6 is 0 Å². The second-order valence-electron chi connectivity index (χ2n) is 8.18. The molecule has 4 heterocycles. The number of pyridine rings is 3. The van der Waals surface area contributed by atoms with Crippen molar-refractivity contribution in [3.8, 4) is 11.1 Å². The van der Waals surface area contributed by atoms with Gasteiger partial charge in [0.25, 0.3) is 5.56 Å². The third-order valence-electron chi connectivity index (χ3n) is 5.94. The van der Waals surface area contributed by atoms with Gasteiger partial charge in [-0.25, -0.2) is 23.1 Å². The smallest absolute Gasteiger partial charge is 0.259 e. The lowest BCUT2D eigenvalue weighted by atomic mass is 10.0. The molecular weight excluding hydrogens is 459 g/mol. The van der Waals surface area contributed by atoms with E-state index in [9.17, 15) is 18.0 Å². The second-order valence-corrected chi connectivity index (χ2v) is 8.18. The Morgan fingerprint density at radius 1 is 0.914 bits per heavy atom. The minimum Gasteiger partial charge on any atom is -0.379 e. The SMILES string of the molecule is O=c1c(-c2c(F)cccc2F)cc2cnc(Nc3ccc(F)cn3)cc2n1CCN1CCOCC1. The number of nitrogens with zero attached hydrogens (tertiary/aromatic N) is 4. The van der Waals surface area contributed by atoms with Crippen LogP contribution in [0.15, 0.2) is 59.7 Å². The van der Waals surface area contributed by atoms with Crippen molar-refractivity contribution in [2.75, 3.05) is 38.2 Å². The van der Waals surface area contributed by atoms with E-state index in [1.54, 1.807) is 6.07 Å². The molecule has 10 heteroatoms. The van der Waals surface area contributed by atoms with E-state index in [1.807, 2.05) is 0 Å². The van der Waals surface area contributed by atoms with Gasteiger partial charge in [0.2, 0.25) is 0 Å². The molecule has 35 heavy (non-hydrogen) atoms. The Labute approximate surface area is 198 Å². The molecule has 1 aromatic carbocycles. The summed E-state index contributed by atoms with van der Waals surface area (Å²) in [6, 6.07) is 9.37. The van der Waals surface area contributed by atoms with Crippen molar-refractivity contribution in [1.29, 1.82) is 0 Å². The first kappa shape index (κ1) is 23.0. The van der Waals surface area contributed by atoms with E-state index in [0.717, 1.165) is 31.4 Å². The van der Waals surface area contributed by atoms with Gasteiger partial charge in [-0.05, 0) is 30.3 Å². The number of ether oxygens (including phenoxy) is 1. The zero-order valence-electron chi connectivity index (χ0n) is 18.7. The molecule has 0 aliphatic carbocycles. The Morgan fingerprint density at radius 3 is 2.37 bits per heavy atom. The van der Waals surface area contributed by atoms with E-state index in [1.165, 1.54) is 35.0 Å². The van der Waals surface area contributed by atoms with Gasteiger partial charge in [-0.3, -0.25) is 9.69 Å². The Balaban J connectivity index is 1.60. The fourth-order valence-electron chi connectivity index (χ4n) is 4.14. The Bertz CT molecular complexity index is 1400. The van der Waals surface area contributed by atoms with E-state index >= 15 is 0 Å². The lowest BCUT2D eigenvalue weighted by Crippen LogP contribution is -2.39. The number of benzene rings is 1. The summed E-state index contributed by atoms with van der Waals surface area (Å²) in [7, 11) is 0. The molecule has 0 radical (unpaired) electrons. The van der Waals surface area contributed by atoms with Crippen molar-refractivity contribution < 1.29 is 17.9 Å². The highest BCUT2D eigenvalue weighted by Crippen LogP contribution is 2.27. The second kappa shape index (κ2) is 9.85. The minimum atomic E-state index is -0.810. The van der Waals surface area contributed by atoms with Crippen molar-refractivity contribution in [2.45, 2.75) is 6.54 Å². The number of hydrogen-bond acceptors (Lipinski definition) is 6. The average Bonchev–Trinajstić information content (AvgIpc) is 2.86. The molecule has 7 nitrogen and oxygen atoms in total. The predicted octanol–water partition coefficient (Wildman–Crippen LogP) is 3.95. The summed E-state index contributed by atoms with van der Waals surface area (Å²) in [5.41, 5.74) is -0.398. The van der Waals surface area contributed by atoms with Crippen molar-refractivity contribution in [2.24, 2.45) is 0 Å². The number of aromatic nitrogens is 3. The van der Waals surface area contributed by atoms with Crippen LogP contribution in [0.25, 0.3) is 22.0 Å². The average molecular weight is 481 g/mol. The standard InChI is InChI=1S/C25H22F3N5O2/c26-17-4-5-22(30-15-17)31-23-13-21-16(14-29-23)12-18(24-19(27)2-1-3-20(24)28)25(34)33(21)7-6-32-8-10-35-11-9-32/h1-5,12-15H,6-11H2,(H,29,30,31). The molecule has 0 spiro atoms. The molecule has 0 saturated carbocycles. The third-order valence-corrected chi connectivity index (χ3v) is 5.94. The van der Waals surface area contributed by atoms with Crippen LogP contribution in [0.3, 0.4) is 0 Å². The molecule has 180 valence electrons. The molecule has 3 aromatic heterocycles. The van der Waals surface area contributed by atoms with Crippen LogP contribution in [-0.2, 0) is 11.3 Å². The molecule has 0 atom stereocenters. The number of rotatable bonds is 6. The minimum absolute atomic E-state index is 0.0715. The zero-order valence-corrected chi connectivity index (χ0v) is 18.7. The molecule has 1 N–H and O–H groups in total. The maximum Gasteiger partial charge on any atom is 0.259 e. The Hall–Kier alpha value is -3.76. The molecule has 5 rings (SSSR count). The first-order valence-electron chi connectivity index (χ1n) is 11.2. The van der Waals surface area contributed by atoms with Gasteiger partial charge in [0, 0.05) is 43.8 Å². The highest BCUT2D eigenvalue weighted by molar-refractivity contribution is 5.85. The normalized spacial score (nSPS) is 14.4. The summed E-state index contributed by atoms with van der Waals surface area (Å²) < 4.78 is 49.3. The maximum absolute atomic E-state index is 14.6. The van der Waals surface area contributed by atoms with Gasteiger partial charge in [0.15, 0.2) is 0 Å². The van der Waals surface area contributed by atoms with Gasteiger partial charge in [-0.1, -0.05) is 6.07 Å². The first-order valence-corrected chi connectivity index (χ1v) is 11.2. The van der Waals surface area contributed by atoms with Crippen LogP contribution in [-0.4, -0.2) is 52.3 Å². The van der Waals surface area contributed by atoms with Gasteiger partial charge in [0.1, 0.15) is 29.1 Å². The Kier molecular flexibility index (Phi) is 6.47. The number of morpholine rings is 1. The molecule has 1 aliphatic rings. The summed E-state index contributed by atoms with van der Waals surface area (Å²) >= 11 is 0. The van der Waals surface area contributed by atoms with Crippen LogP contribution in [0.4, 0.5) is 24.8 Å². The Morgan fingerprint density at radius 2 is 1.66 bits per heavy atom. The predicted molar refractivity (Wildman–Crippen MR) is 126 cm³/mol. The van der Waals surface area contributed by atoms with Gasteiger partial charge in [-0.2, -0.15) is 0 Å². The molecule has 1 aliphatic heterocycles. The van der Waals surface area contributed by atoms with E-state index in [2.05, 4.69) is 20.2 Å². The van der Waals surface area contributed by atoms with Gasteiger partial charge in [-0.15, -0.1) is 0 Å². The zero-order chi connectivity index (χ0) is 24.4. The molecule has 0 unspecified atom stereocenters. The first-order chi connectivity index (χ1) is 17.0. The largest absolute Gasteiger partial charge is 0.379 e. The third kappa shape index (κ3) is 4.89. The van der Waals surface area contributed by atoms with E-state index < -0.39 is 23.0 Å². The van der Waals surface area contributed by atoms with Crippen LogP contribution in [0.5, 0.6) is 0 Å². The van der Waals surface area contributed by atoms with Crippen LogP contribution in [0, 0.1) is 17.5 Å². The van der Waals surface area contributed by atoms with Crippen molar-refractivity contribution in [1.82, 2.24) is 19.4 Å². The highest BCUT2D eigenvalue weighted by Gasteiger charge is 2.19. The van der Waals surface area contributed by atoms with Gasteiger partial charge in [0.05, 0.1) is 36.1 Å². The number of anilines is 2. The topological polar surface area (TPSA) is 72.3 Å². The molecule has 1 saturated heterocycles. The quantitative estimate of drug-likeness (QED) is 0.450. The molecule has 4 aromatic rings. The molecule has 0 amide bonds. The summed E-state index contributed by atoms with van der Waals surface area (Å²) in [5.74, 6) is -1.32. The maximum atomic E-state index is 14.6. The van der Waals surface area contributed by atoms with Crippen molar-refractivity contribution in [3.63, 3.8) is 0 Å². The highest BCUT2D eigenvalue weighted by atomic mass is 19.1. The lowest BCUT2D eigenvalue weighted by Gasteiger charge is -2.27. The summed E-state index contributed by atoms with van der Waals surface area (Å²) in [5, 5.41) is 3.53. The molecule has 1 fully saturated rings. The summed E-state index contributed by atoms with van der Waals surface area (Å²) in [6.07, 6.45) is 2.60. The monoisotopic (exact) mass is 481 g/mol. The van der Waals surface area contributed by atoms with Crippen molar-refractivity contribution >= 4 is 22.5 Å². The van der Waals surface area contributed by atoms with E-state index in [0.29, 0.717) is 48.8 Å². The fraction of sp³-hybridized carbons (Fsp3) is 0.240. The van der Waals surface area contributed by atoms with Gasteiger partial charge >= 0.3 is 0 Å². The molecular formula is C25H22F3N5O2. The summed E-state index contributed by atoms with van der Waals surface area (Å²) in [6.45, 7) is 3.55. The fourth-order valence-corrected chi connectivity index (χ4v) is 4.14. The number of nitrogens with one attached hydrogen (secondary N) is 1. The number of halogens is 3. The lowest BCUT2D eigenvalue weighted by molar-refractivity contribution is 0.0364. The number of fused-ring (bicyclic) bond motifs is 1. The van der Waals surface area contributed by atoms with Crippen molar-refractivity contribution in [3.05, 3.63) is 82.7 Å². The number of hydrogen-bond donors (Lipinski definition) is 1. The van der Waals surface area contributed by atoms with Crippen LogP contribution in [0.2, 0.25) is 0 Å². The van der Waals surface area contributed by atoms with E-state index in [-0.39, 0.29) is 11.1 Å². The van der Waals surface area contributed by atoms with Crippen LogP contribution in [0.1, 0.15) is 0 Å².